The monoisotopic (exact) mass is 284 g/mol. The number of hydrogen-bond acceptors (Lipinski definition) is 3. The quantitative estimate of drug-likeness (QED) is 0.848. The highest BCUT2D eigenvalue weighted by Gasteiger charge is 2.26. The van der Waals surface area contributed by atoms with Gasteiger partial charge in [-0.3, -0.25) is 0 Å². The molecule has 0 bridgehead atoms. The molecule has 1 saturated heterocycles. The van der Waals surface area contributed by atoms with Gasteiger partial charge in [0.1, 0.15) is 11.9 Å². The van der Waals surface area contributed by atoms with Crippen molar-refractivity contribution in [1.29, 1.82) is 5.26 Å². The lowest BCUT2D eigenvalue weighted by Gasteiger charge is -2.39. The van der Waals surface area contributed by atoms with E-state index in [1.54, 1.807) is 0 Å². The number of nitrogens with zero attached hydrogens (tertiary/aromatic N) is 2. The number of piperidine rings is 1. The maximum Gasteiger partial charge on any atom is 0.119 e. The van der Waals surface area contributed by atoms with Gasteiger partial charge in [0.25, 0.3) is 0 Å². The fourth-order valence-corrected chi connectivity index (χ4v) is 3.61. The second-order valence-electron chi connectivity index (χ2n) is 6.28. The zero-order chi connectivity index (χ0) is 14.5. The molecule has 1 aromatic rings. The first-order chi connectivity index (χ1) is 10.3. The lowest BCUT2D eigenvalue weighted by Crippen LogP contribution is -2.44. The summed E-state index contributed by atoms with van der Waals surface area (Å²) in [5, 5.41) is 8.81. The van der Waals surface area contributed by atoms with Crippen LogP contribution in [0.15, 0.2) is 24.3 Å². The third-order valence-corrected chi connectivity index (χ3v) is 4.85. The second-order valence-corrected chi connectivity index (χ2v) is 6.28. The molecule has 1 saturated carbocycles. The van der Waals surface area contributed by atoms with Gasteiger partial charge in [-0.25, -0.2) is 0 Å². The largest absolute Gasteiger partial charge is 0.490 e. The first-order valence-corrected chi connectivity index (χ1v) is 8.26. The van der Waals surface area contributed by atoms with Crippen LogP contribution in [0.4, 0.5) is 0 Å². The average Bonchev–Trinajstić information content (AvgIpc) is 2.57. The van der Waals surface area contributed by atoms with Crippen molar-refractivity contribution in [1.82, 2.24) is 4.90 Å². The van der Waals surface area contributed by atoms with Crippen LogP contribution < -0.4 is 4.74 Å². The van der Waals surface area contributed by atoms with E-state index < -0.39 is 0 Å². The third kappa shape index (κ3) is 3.77. The maximum atomic E-state index is 8.81. The van der Waals surface area contributed by atoms with Gasteiger partial charge in [-0.2, -0.15) is 5.26 Å². The van der Waals surface area contributed by atoms with Gasteiger partial charge in [-0.15, -0.1) is 0 Å². The van der Waals surface area contributed by atoms with E-state index in [1.165, 1.54) is 45.2 Å². The van der Waals surface area contributed by atoms with Crippen molar-refractivity contribution < 1.29 is 4.74 Å². The van der Waals surface area contributed by atoms with Gasteiger partial charge in [0.2, 0.25) is 0 Å². The molecule has 2 aliphatic rings. The Hall–Kier alpha value is -1.53. The molecule has 0 atom stereocenters. The third-order valence-electron chi connectivity index (χ3n) is 4.85. The Kier molecular flexibility index (Phi) is 4.77. The van der Waals surface area contributed by atoms with Crippen molar-refractivity contribution in [2.24, 2.45) is 0 Å². The molecule has 0 N–H and O–H groups in total. The Balaban J connectivity index is 1.47. The predicted octanol–water partition coefficient (Wildman–Crippen LogP) is 3.73. The number of hydrogen-bond donors (Lipinski definition) is 0. The SMILES string of the molecule is N#Cc1ccc(OC2CCN(C3CCCCC3)CC2)cc1. The molecule has 0 unspecified atom stereocenters. The van der Waals surface area contributed by atoms with Crippen molar-refractivity contribution in [3.8, 4) is 11.8 Å². The molecule has 1 aliphatic heterocycles. The highest BCUT2D eigenvalue weighted by atomic mass is 16.5. The molecule has 0 amide bonds. The minimum Gasteiger partial charge on any atom is -0.490 e. The van der Waals surface area contributed by atoms with Crippen LogP contribution >= 0.6 is 0 Å². The van der Waals surface area contributed by atoms with Gasteiger partial charge in [-0.05, 0) is 49.9 Å². The molecule has 0 spiro atoms. The summed E-state index contributed by atoms with van der Waals surface area (Å²) < 4.78 is 6.05. The number of rotatable bonds is 3. The van der Waals surface area contributed by atoms with E-state index in [-0.39, 0.29) is 0 Å². The van der Waals surface area contributed by atoms with Crippen molar-refractivity contribution in [2.45, 2.75) is 57.1 Å². The fraction of sp³-hybridized carbons (Fsp3) is 0.611. The number of benzene rings is 1. The Bertz CT molecular complexity index is 477. The van der Waals surface area contributed by atoms with E-state index in [9.17, 15) is 0 Å². The fourth-order valence-electron chi connectivity index (χ4n) is 3.61. The molecule has 0 aromatic heterocycles. The average molecular weight is 284 g/mol. The zero-order valence-electron chi connectivity index (χ0n) is 12.6. The molecule has 3 heteroatoms. The Morgan fingerprint density at radius 3 is 2.24 bits per heavy atom. The highest BCUT2D eigenvalue weighted by molar-refractivity contribution is 5.34. The molecular formula is C18H24N2O. The topological polar surface area (TPSA) is 36.3 Å². The molecule has 3 nitrogen and oxygen atoms in total. The van der Waals surface area contributed by atoms with Crippen LogP contribution in [0.3, 0.4) is 0 Å². The summed E-state index contributed by atoms with van der Waals surface area (Å²) in [7, 11) is 0. The molecule has 3 rings (SSSR count). The molecule has 1 aromatic carbocycles. The standard InChI is InChI=1S/C18H24N2O/c19-14-15-6-8-17(9-7-15)21-18-10-12-20(13-11-18)16-4-2-1-3-5-16/h6-9,16,18H,1-5,10-13H2. The van der Waals surface area contributed by atoms with E-state index in [0.717, 1.165) is 24.6 Å². The minimum atomic E-state index is 0.331. The van der Waals surface area contributed by atoms with E-state index in [4.69, 9.17) is 10.00 Å². The number of nitriles is 1. The molecular weight excluding hydrogens is 260 g/mol. The van der Waals surface area contributed by atoms with Gasteiger partial charge in [0.05, 0.1) is 11.6 Å². The van der Waals surface area contributed by atoms with Gasteiger partial charge < -0.3 is 9.64 Å². The van der Waals surface area contributed by atoms with Crippen LogP contribution in [-0.4, -0.2) is 30.1 Å². The molecule has 1 heterocycles. The summed E-state index contributed by atoms with van der Waals surface area (Å²) in [6.07, 6.45) is 9.60. The molecule has 112 valence electrons. The summed E-state index contributed by atoms with van der Waals surface area (Å²) in [5.74, 6) is 0.894. The minimum absolute atomic E-state index is 0.331. The van der Waals surface area contributed by atoms with Crippen molar-refractivity contribution >= 4 is 0 Å². The van der Waals surface area contributed by atoms with Crippen LogP contribution in [-0.2, 0) is 0 Å². The highest BCUT2D eigenvalue weighted by Crippen LogP contribution is 2.26. The van der Waals surface area contributed by atoms with Gasteiger partial charge in [0.15, 0.2) is 0 Å². The molecule has 2 fully saturated rings. The molecule has 21 heavy (non-hydrogen) atoms. The smallest absolute Gasteiger partial charge is 0.119 e. The van der Waals surface area contributed by atoms with E-state index in [1.807, 2.05) is 24.3 Å². The van der Waals surface area contributed by atoms with Crippen LogP contribution in [0.25, 0.3) is 0 Å². The summed E-state index contributed by atoms with van der Waals surface area (Å²) in [4.78, 5) is 2.68. The first-order valence-electron chi connectivity index (χ1n) is 8.26. The molecule has 0 radical (unpaired) electrons. The second kappa shape index (κ2) is 6.95. The Labute approximate surface area is 127 Å². The van der Waals surface area contributed by atoms with Crippen molar-refractivity contribution in [3.63, 3.8) is 0 Å². The Morgan fingerprint density at radius 1 is 0.952 bits per heavy atom. The maximum absolute atomic E-state index is 8.81. The van der Waals surface area contributed by atoms with Crippen LogP contribution in [0.2, 0.25) is 0 Å². The zero-order valence-corrected chi connectivity index (χ0v) is 12.6. The van der Waals surface area contributed by atoms with E-state index in [0.29, 0.717) is 11.7 Å². The summed E-state index contributed by atoms with van der Waals surface area (Å²) in [5.41, 5.74) is 0.689. The van der Waals surface area contributed by atoms with Gasteiger partial charge in [-0.1, -0.05) is 19.3 Å². The van der Waals surface area contributed by atoms with Gasteiger partial charge >= 0.3 is 0 Å². The number of likely N-dealkylation sites (tertiary alicyclic amines) is 1. The lowest BCUT2D eigenvalue weighted by molar-refractivity contribution is 0.0631. The van der Waals surface area contributed by atoms with Crippen molar-refractivity contribution in [2.75, 3.05) is 13.1 Å². The van der Waals surface area contributed by atoms with Gasteiger partial charge in [0, 0.05) is 19.1 Å². The van der Waals surface area contributed by atoms with E-state index in [2.05, 4.69) is 11.0 Å². The van der Waals surface area contributed by atoms with Crippen LogP contribution in [0.1, 0.15) is 50.5 Å². The van der Waals surface area contributed by atoms with Crippen LogP contribution in [0.5, 0.6) is 5.75 Å². The van der Waals surface area contributed by atoms with Crippen molar-refractivity contribution in [3.05, 3.63) is 29.8 Å². The lowest BCUT2D eigenvalue weighted by atomic mass is 9.92. The predicted molar refractivity (Wildman–Crippen MR) is 83.3 cm³/mol. The summed E-state index contributed by atoms with van der Waals surface area (Å²) >= 11 is 0. The molecule has 1 aliphatic carbocycles. The van der Waals surface area contributed by atoms with Crippen LogP contribution in [0, 0.1) is 11.3 Å². The Morgan fingerprint density at radius 2 is 1.62 bits per heavy atom. The normalized spacial score (nSPS) is 21.9. The first kappa shape index (κ1) is 14.4. The number of ether oxygens (including phenoxy) is 1. The summed E-state index contributed by atoms with van der Waals surface area (Å²) in [6.45, 7) is 2.34. The summed E-state index contributed by atoms with van der Waals surface area (Å²) in [6, 6.07) is 10.4. The van der Waals surface area contributed by atoms with E-state index >= 15 is 0 Å².